The molecule has 2 rings (SSSR count). The van der Waals surface area contributed by atoms with Crippen LogP contribution in [0.3, 0.4) is 0 Å². The van der Waals surface area contributed by atoms with Gasteiger partial charge in [-0.3, -0.25) is 9.69 Å². The lowest BCUT2D eigenvalue weighted by Crippen LogP contribution is -2.42. The lowest BCUT2D eigenvalue weighted by molar-refractivity contribution is -0.144. The first kappa shape index (κ1) is 13.6. The summed E-state index contributed by atoms with van der Waals surface area (Å²) in [5.74, 6) is -0.329. The van der Waals surface area contributed by atoms with Crippen LogP contribution in [0.5, 0.6) is 0 Å². The molecule has 1 aliphatic rings. The average Bonchev–Trinajstić information content (AvgIpc) is 2.82. The highest BCUT2D eigenvalue weighted by molar-refractivity contribution is 7.10. The van der Waals surface area contributed by atoms with Gasteiger partial charge in [-0.25, -0.2) is 0 Å². The van der Waals surface area contributed by atoms with Crippen LogP contribution in [0.1, 0.15) is 37.6 Å². The first-order valence-electron chi connectivity index (χ1n) is 6.60. The number of rotatable bonds is 4. The number of hydrogen-bond donors (Lipinski definition) is 1. The van der Waals surface area contributed by atoms with E-state index in [1.54, 1.807) is 11.3 Å². The topological polar surface area (TPSA) is 40.5 Å². The molecule has 1 aliphatic heterocycles. The number of nitrogens with zero attached hydrogens (tertiary/aromatic N) is 1. The molecule has 0 aliphatic carbocycles. The summed E-state index contributed by atoms with van der Waals surface area (Å²) in [6.45, 7) is 6.14. The molecule has 18 heavy (non-hydrogen) atoms. The Morgan fingerprint density at radius 1 is 1.56 bits per heavy atom. The minimum Gasteiger partial charge on any atom is -0.481 e. The van der Waals surface area contributed by atoms with Gasteiger partial charge in [0, 0.05) is 17.5 Å². The van der Waals surface area contributed by atoms with Crippen molar-refractivity contribution in [2.75, 3.05) is 13.1 Å². The Hall–Kier alpha value is -0.870. The summed E-state index contributed by atoms with van der Waals surface area (Å²) in [7, 11) is 0. The monoisotopic (exact) mass is 267 g/mol. The molecule has 2 atom stereocenters. The lowest BCUT2D eigenvalue weighted by atomic mass is 9.93. The molecule has 0 saturated carbocycles. The summed E-state index contributed by atoms with van der Waals surface area (Å²) in [4.78, 5) is 14.9. The van der Waals surface area contributed by atoms with Gasteiger partial charge in [-0.2, -0.15) is 0 Å². The van der Waals surface area contributed by atoms with Crippen LogP contribution in [-0.4, -0.2) is 29.1 Å². The van der Waals surface area contributed by atoms with Gasteiger partial charge in [0.1, 0.15) is 0 Å². The highest BCUT2D eigenvalue weighted by Gasteiger charge is 2.32. The van der Waals surface area contributed by atoms with Gasteiger partial charge in [-0.05, 0) is 36.8 Å². The van der Waals surface area contributed by atoms with Crippen LogP contribution in [0.4, 0.5) is 0 Å². The summed E-state index contributed by atoms with van der Waals surface area (Å²) in [6, 6.07) is 4.61. The van der Waals surface area contributed by atoms with E-state index >= 15 is 0 Å². The van der Waals surface area contributed by atoms with E-state index in [1.165, 1.54) is 4.88 Å². The van der Waals surface area contributed by atoms with Crippen LogP contribution in [0.25, 0.3) is 0 Å². The van der Waals surface area contributed by atoms with Crippen molar-refractivity contribution in [3.63, 3.8) is 0 Å². The molecule has 0 aromatic carbocycles. The minimum atomic E-state index is -0.645. The van der Waals surface area contributed by atoms with Crippen molar-refractivity contribution in [1.82, 2.24) is 4.90 Å². The third-order valence-corrected chi connectivity index (χ3v) is 4.60. The van der Waals surface area contributed by atoms with Crippen molar-refractivity contribution in [1.29, 1.82) is 0 Å². The number of likely N-dealkylation sites (tertiary alicyclic amines) is 1. The Morgan fingerprint density at radius 3 is 2.89 bits per heavy atom. The first-order valence-corrected chi connectivity index (χ1v) is 7.48. The molecule has 1 aromatic rings. The highest BCUT2D eigenvalue weighted by atomic mass is 32.1. The zero-order chi connectivity index (χ0) is 13.1. The number of carboxylic acid groups (broad SMARTS) is 1. The molecule has 0 spiro atoms. The van der Waals surface area contributed by atoms with Crippen molar-refractivity contribution in [2.45, 2.75) is 32.7 Å². The van der Waals surface area contributed by atoms with Gasteiger partial charge in [0.15, 0.2) is 0 Å². The van der Waals surface area contributed by atoms with Gasteiger partial charge in [0.25, 0.3) is 0 Å². The van der Waals surface area contributed by atoms with E-state index in [0.717, 1.165) is 19.4 Å². The second-order valence-corrected chi connectivity index (χ2v) is 6.36. The number of carbonyl (C=O) groups is 1. The Labute approximate surface area is 112 Å². The summed E-state index contributed by atoms with van der Waals surface area (Å²) in [5.41, 5.74) is 0. The fourth-order valence-corrected chi connectivity index (χ4v) is 3.88. The molecule has 100 valence electrons. The number of piperidine rings is 1. The third kappa shape index (κ3) is 2.93. The zero-order valence-electron chi connectivity index (χ0n) is 11.0. The Morgan fingerprint density at radius 2 is 2.33 bits per heavy atom. The quantitative estimate of drug-likeness (QED) is 0.910. The predicted octanol–water partition coefficient (Wildman–Crippen LogP) is 3.24. The van der Waals surface area contributed by atoms with E-state index in [2.05, 4.69) is 36.3 Å². The molecule has 1 N–H and O–H groups in total. The third-order valence-electron chi connectivity index (χ3n) is 3.66. The molecule has 1 aromatic heterocycles. The van der Waals surface area contributed by atoms with Gasteiger partial charge >= 0.3 is 5.97 Å². The normalized spacial score (nSPS) is 23.2. The second-order valence-electron chi connectivity index (χ2n) is 5.38. The van der Waals surface area contributed by atoms with Gasteiger partial charge in [0.2, 0.25) is 0 Å². The number of aliphatic carboxylic acids is 1. The molecular formula is C14H21NO2S. The summed E-state index contributed by atoms with van der Waals surface area (Å²) in [6.07, 6.45) is 1.81. The lowest BCUT2D eigenvalue weighted by Gasteiger charge is -2.38. The zero-order valence-corrected chi connectivity index (χ0v) is 11.8. The molecule has 4 heteroatoms. The largest absolute Gasteiger partial charge is 0.481 e. The molecule has 0 radical (unpaired) electrons. The minimum absolute atomic E-state index is 0.194. The first-order chi connectivity index (χ1) is 8.59. The fraction of sp³-hybridized carbons (Fsp3) is 0.643. The van der Waals surface area contributed by atoms with E-state index < -0.39 is 5.97 Å². The Bertz CT molecular complexity index is 389. The molecule has 0 amide bonds. The average molecular weight is 267 g/mol. The second kappa shape index (κ2) is 5.85. The Balaban J connectivity index is 2.14. The fourth-order valence-electron chi connectivity index (χ4n) is 2.85. The molecule has 0 bridgehead atoms. The van der Waals surface area contributed by atoms with E-state index in [-0.39, 0.29) is 5.92 Å². The molecule has 3 nitrogen and oxygen atoms in total. The summed E-state index contributed by atoms with van der Waals surface area (Å²) >= 11 is 1.77. The van der Waals surface area contributed by atoms with Crippen molar-refractivity contribution in [3.8, 4) is 0 Å². The molecule has 2 unspecified atom stereocenters. The number of thiophene rings is 1. The SMILES string of the molecule is CC(C)C(c1cccs1)N1CCCC(C(=O)O)C1. The molecule has 2 heterocycles. The summed E-state index contributed by atoms with van der Waals surface area (Å²) in [5, 5.41) is 11.3. The van der Waals surface area contributed by atoms with Gasteiger partial charge in [-0.1, -0.05) is 19.9 Å². The van der Waals surface area contributed by atoms with Crippen molar-refractivity contribution >= 4 is 17.3 Å². The molecule has 1 saturated heterocycles. The van der Waals surface area contributed by atoms with Crippen LogP contribution in [0.15, 0.2) is 17.5 Å². The Kier molecular flexibility index (Phi) is 4.40. The van der Waals surface area contributed by atoms with Crippen LogP contribution < -0.4 is 0 Å². The predicted molar refractivity (Wildman–Crippen MR) is 73.8 cm³/mol. The van der Waals surface area contributed by atoms with Crippen molar-refractivity contribution in [2.24, 2.45) is 11.8 Å². The molecular weight excluding hydrogens is 246 g/mol. The van der Waals surface area contributed by atoms with Gasteiger partial charge in [-0.15, -0.1) is 11.3 Å². The number of hydrogen-bond acceptors (Lipinski definition) is 3. The maximum Gasteiger partial charge on any atom is 0.307 e. The van der Waals surface area contributed by atoms with Crippen LogP contribution in [-0.2, 0) is 4.79 Å². The smallest absolute Gasteiger partial charge is 0.307 e. The molecule has 1 fully saturated rings. The maximum atomic E-state index is 11.2. The van der Waals surface area contributed by atoms with Crippen LogP contribution in [0, 0.1) is 11.8 Å². The van der Waals surface area contributed by atoms with Gasteiger partial charge < -0.3 is 5.11 Å². The van der Waals surface area contributed by atoms with E-state index in [4.69, 9.17) is 0 Å². The summed E-state index contributed by atoms with van der Waals surface area (Å²) < 4.78 is 0. The highest BCUT2D eigenvalue weighted by Crippen LogP contribution is 2.34. The maximum absolute atomic E-state index is 11.2. The van der Waals surface area contributed by atoms with Gasteiger partial charge in [0.05, 0.1) is 5.92 Å². The van der Waals surface area contributed by atoms with E-state index in [1.807, 2.05) is 0 Å². The standard InChI is InChI=1S/C14H21NO2S/c1-10(2)13(12-6-4-8-18-12)15-7-3-5-11(9-15)14(16)17/h4,6,8,10-11,13H,3,5,7,9H2,1-2H3,(H,16,17). The van der Waals surface area contributed by atoms with E-state index in [9.17, 15) is 9.90 Å². The van der Waals surface area contributed by atoms with Crippen molar-refractivity contribution < 1.29 is 9.90 Å². The van der Waals surface area contributed by atoms with E-state index in [0.29, 0.717) is 18.5 Å². The number of carboxylic acids is 1. The van der Waals surface area contributed by atoms with Crippen LogP contribution >= 0.6 is 11.3 Å². The van der Waals surface area contributed by atoms with Crippen LogP contribution in [0.2, 0.25) is 0 Å². The van der Waals surface area contributed by atoms with Crippen molar-refractivity contribution in [3.05, 3.63) is 22.4 Å².